The highest BCUT2D eigenvalue weighted by Crippen LogP contribution is 2.33. The third-order valence-corrected chi connectivity index (χ3v) is 3.50. The summed E-state index contributed by atoms with van der Waals surface area (Å²) in [7, 11) is 0. The third kappa shape index (κ3) is 4.64. The zero-order valence-corrected chi connectivity index (χ0v) is 14.3. The Kier molecular flexibility index (Phi) is 5.57. The molecule has 0 radical (unpaired) electrons. The van der Waals surface area contributed by atoms with Crippen molar-refractivity contribution < 1.29 is 22.6 Å². The molecule has 0 heterocycles. The van der Waals surface area contributed by atoms with Gasteiger partial charge in [-0.15, -0.1) is 0 Å². The van der Waals surface area contributed by atoms with Crippen LogP contribution in [-0.4, -0.2) is 11.9 Å². The number of halogens is 4. The first-order valence-corrected chi connectivity index (χ1v) is 8.08. The van der Waals surface area contributed by atoms with Crippen molar-refractivity contribution in [2.24, 2.45) is 0 Å². The van der Waals surface area contributed by atoms with E-state index in [1.54, 1.807) is 12.1 Å². The van der Waals surface area contributed by atoms with E-state index in [-0.39, 0.29) is 0 Å². The molecule has 0 atom stereocenters. The van der Waals surface area contributed by atoms with E-state index in [0.717, 1.165) is 34.3 Å². The Morgan fingerprint density at radius 1 is 0.957 bits per heavy atom. The molecule has 0 unspecified atom stereocenters. The number of ether oxygens (including phenoxy) is 2. The molecule has 0 saturated heterocycles. The maximum Gasteiger partial charge on any atom is 0.416 e. The molecule has 0 bridgehead atoms. The second-order valence-electron chi connectivity index (χ2n) is 5.05. The van der Waals surface area contributed by atoms with Gasteiger partial charge in [-0.2, -0.15) is 13.2 Å². The maximum atomic E-state index is 12.5. The van der Waals surface area contributed by atoms with Crippen molar-refractivity contribution in [3.05, 3.63) is 53.1 Å². The molecule has 2 nitrogen and oxygen atoms in total. The molecule has 0 spiro atoms. The molecule has 0 aliphatic rings. The standard InChI is InChI=1S/C17H16BrF3O2/c1-11-9-15(10-12(2)16(11)22-8-7-18)23-14-5-3-13(4-6-14)17(19,20)21/h3-6,9-10H,7-8H2,1-2H3. The summed E-state index contributed by atoms with van der Waals surface area (Å²) in [5, 5.41) is 0.732. The SMILES string of the molecule is Cc1cc(Oc2ccc(C(F)(F)F)cc2)cc(C)c1OCCBr. The maximum absolute atomic E-state index is 12.5. The minimum absolute atomic E-state index is 0.353. The molecule has 2 aromatic carbocycles. The Labute approximate surface area is 141 Å². The van der Waals surface area contributed by atoms with E-state index in [1.807, 2.05) is 13.8 Å². The fourth-order valence-electron chi connectivity index (χ4n) is 2.19. The summed E-state index contributed by atoms with van der Waals surface area (Å²) in [6, 6.07) is 8.22. The van der Waals surface area contributed by atoms with Gasteiger partial charge in [0.15, 0.2) is 0 Å². The van der Waals surface area contributed by atoms with Crippen LogP contribution >= 0.6 is 15.9 Å². The highest BCUT2D eigenvalue weighted by Gasteiger charge is 2.30. The number of hydrogen-bond donors (Lipinski definition) is 0. The van der Waals surface area contributed by atoms with Crippen molar-refractivity contribution in [3.8, 4) is 17.2 Å². The van der Waals surface area contributed by atoms with Gasteiger partial charge >= 0.3 is 6.18 Å². The quantitative estimate of drug-likeness (QED) is 0.594. The molecule has 0 aliphatic heterocycles. The zero-order valence-electron chi connectivity index (χ0n) is 12.7. The van der Waals surface area contributed by atoms with Crippen LogP contribution in [0.4, 0.5) is 13.2 Å². The van der Waals surface area contributed by atoms with Crippen LogP contribution in [0.25, 0.3) is 0 Å². The predicted molar refractivity (Wildman–Crippen MR) is 86.7 cm³/mol. The predicted octanol–water partition coefficient (Wildman–Crippen LogP) is 5.89. The molecular formula is C17H16BrF3O2. The molecule has 23 heavy (non-hydrogen) atoms. The van der Waals surface area contributed by atoms with Gasteiger partial charge in [0.1, 0.15) is 17.2 Å². The number of rotatable bonds is 5. The molecule has 0 aliphatic carbocycles. The average Bonchev–Trinajstić information content (AvgIpc) is 2.46. The molecule has 0 saturated carbocycles. The summed E-state index contributed by atoms with van der Waals surface area (Å²) in [6.45, 7) is 4.35. The molecule has 2 rings (SSSR count). The highest BCUT2D eigenvalue weighted by atomic mass is 79.9. The largest absolute Gasteiger partial charge is 0.492 e. The zero-order chi connectivity index (χ0) is 17.0. The highest BCUT2D eigenvalue weighted by molar-refractivity contribution is 9.09. The van der Waals surface area contributed by atoms with E-state index in [4.69, 9.17) is 9.47 Å². The first-order chi connectivity index (χ1) is 10.8. The van der Waals surface area contributed by atoms with E-state index in [9.17, 15) is 13.2 Å². The van der Waals surface area contributed by atoms with Crippen molar-refractivity contribution in [2.45, 2.75) is 20.0 Å². The van der Waals surface area contributed by atoms with Crippen molar-refractivity contribution in [2.75, 3.05) is 11.9 Å². The van der Waals surface area contributed by atoms with E-state index < -0.39 is 11.7 Å². The molecule has 0 aromatic heterocycles. The molecule has 124 valence electrons. The Balaban J connectivity index is 2.17. The van der Waals surface area contributed by atoms with Gasteiger partial charge in [-0.1, -0.05) is 15.9 Å². The normalized spacial score (nSPS) is 11.4. The lowest BCUT2D eigenvalue weighted by Crippen LogP contribution is -2.04. The smallest absolute Gasteiger partial charge is 0.416 e. The van der Waals surface area contributed by atoms with Crippen LogP contribution in [-0.2, 0) is 6.18 Å². The molecule has 6 heteroatoms. The second kappa shape index (κ2) is 7.25. The minimum atomic E-state index is -4.35. The lowest BCUT2D eigenvalue weighted by atomic mass is 10.1. The summed E-state index contributed by atoms with van der Waals surface area (Å²) in [4.78, 5) is 0. The van der Waals surface area contributed by atoms with Gasteiger partial charge in [-0.05, 0) is 61.4 Å². The van der Waals surface area contributed by atoms with E-state index in [1.165, 1.54) is 12.1 Å². The number of hydrogen-bond acceptors (Lipinski definition) is 2. The van der Waals surface area contributed by atoms with Gasteiger partial charge in [0.2, 0.25) is 0 Å². The monoisotopic (exact) mass is 388 g/mol. The van der Waals surface area contributed by atoms with Crippen molar-refractivity contribution in [3.63, 3.8) is 0 Å². The Hall–Kier alpha value is -1.69. The number of benzene rings is 2. The fraction of sp³-hybridized carbons (Fsp3) is 0.294. The molecular weight excluding hydrogens is 373 g/mol. The van der Waals surface area contributed by atoms with Gasteiger partial charge in [0.05, 0.1) is 12.2 Å². The van der Waals surface area contributed by atoms with E-state index in [2.05, 4.69) is 15.9 Å². The summed E-state index contributed by atoms with van der Waals surface area (Å²) in [5.74, 6) is 1.71. The number of alkyl halides is 4. The van der Waals surface area contributed by atoms with Crippen molar-refractivity contribution in [1.82, 2.24) is 0 Å². The average molecular weight is 389 g/mol. The van der Waals surface area contributed by atoms with Crippen LogP contribution in [0.1, 0.15) is 16.7 Å². The van der Waals surface area contributed by atoms with Crippen LogP contribution in [0.15, 0.2) is 36.4 Å². The van der Waals surface area contributed by atoms with Crippen molar-refractivity contribution >= 4 is 15.9 Å². The first kappa shape index (κ1) is 17.7. The third-order valence-electron chi connectivity index (χ3n) is 3.17. The van der Waals surface area contributed by atoms with Gasteiger partial charge in [0, 0.05) is 5.33 Å². The summed E-state index contributed by atoms with van der Waals surface area (Å²) >= 11 is 3.30. The first-order valence-electron chi connectivity index (χ1n) is 6.96. The lowest BCUT2D eigenvalue weighted by Gasteiger charge is -2.14. The van der Waals surface area contributed by atoms with Gasteiger partial charge < -0.3 is 9.47 Å². The van der Waals surface area contributed by atoms with Crippen LogP contribution in [0.5, 0.6) is 17.2 Å². The van der Waals surface area contributed by atoms with Gasteiger partial charge in [-0.3, -0.25) is 0 Å². The second-order valence-corrected chi connectivity index (χ2v) is 5.84. The molecule has 0 fully saturated rings. The van der Waals surface area contributed by atoms with Crippen LogP contribution in [0.3, 0.4) is 0 Å². The Morgan fingerprint density at radius 3 is 2.00 bits per heavy atom. The van der Waals surface area contributed by atoms with E-state index in [0.29, 0.717) is 18.1 Å². The van der Waals surface area contributed by atoms with Crippen LogP contribution in [0.2, 0.25) is 0 Å². The number of aryl methyl sites for hydroxylation is 2. The minimum Gasteiger partial charge on any atom is -0.492 e. The van der Waals surface area contributed by atoms with Crippen molar-refractivity contribution in [1.29, 1.82) is 0 Å². The molecule has 2 aromatic rings. The fourth-order valence-corrected chi connectivity index (χ4v) is 2.35. The molecule has 0 amide bonds. The summed E-state index contributed by atoms with van der Waals surface area (Å²) < 4.78 is 48.9. The summed E-state index contributed by atoms with van der Waals surface area (Å²) in [6.07, 6.45) is -4.35. The summed E-state index contributed by atoms with van der Waals surface area (Å²) in [5.41, 5.74) is 1.12. The molecule has 0 N–H and O–H groups in total. The Morgan fingerprint density at radius 2 is 1.52 bits per heavy atom. The van der Waals surface area contributed by atoms with E-state index >= 15 is 0 Å². The topological polar surface area (TPSA) is 18.5 Å². The Bertz CT molecular complexity index is 644. The lowest BCUT2D eigenvalue weighted by molar-refractivity contribution is -0.137. The van der Waals surface area contributed by atoms with Crippen LogP contribution in [0, 0.1) is 13.8 Å². The van der Waals surface area contributed by atoms with Gasteiger partial charge in [-0.25, -0.2) is 0 Å². The van der Waals surface area contributed by atoms with Gasteiger partial charge in [0.25, 0.3) is 0 Å². The van der Waals surface area contributed by atoms with Crippen LogP contribution < -0.4 is 9.47 Å².